The molecule has 2 amide bonds. The standard InChI is InChI=1S/C19H31N3O3S/c1-4-6-16(3)20-19(23)21-12-14-22(15-13-21)26(24,25)18-10-8-17(7-5-2)9-11-18/h8-11,16H,4-7,12-15H2,1-3H3,(H,20,23). The number of amides is 2. The van der Waals surface area contributed by atoms with Crippen LogP contribution in [0.2, 0.25) is 0 Å². The fourth-order valence-corrected chi connectivity index (χ4v) is 4.63. The van der Waals surface area contributed by atoms with Crippen molar-refractivity contribution in [3.63, 3.8) is 0 Å². The summed E-state index contributed by atoms with van der Waals surface area (Å²) in [6.45, 7) is 7.66. The van der Waals surface area contributed by atoms with E-state index in [4.69, 9.17) is 0 Å². The monoisotopic (exact) mass is 381 g/mol. The molecule has 1 aromatic carbocycles. The van der Waals surface area contributed by atoms with E-state index < -0.39 is 10.0 Å². The number of carbonyl (C=O) groups excluding carboxylic acids is 1. The molecule has 1 aliphatic heterocycles. The summed E-state index contributed by atoms with van der Waals surface area (Å²) in [5.74, 6) is 0. The van der Waals surface area contributed by atoms with Crippen LogP contribution in [0, 0.1) is 0 Å². The number of nitrogens with one attached hydrogen (secondary N) is 1. The third-order valence-corrected chi connectivity index (χ3v) is 6.63. The summed E-state index contributed by atoms with van der Waals surface area (Å²) in [5.41, 5.74) is 1.15. The zero-order chi connectivity index (χ0) is 19.2. The highest BCUT2D eigenvalue weighted by Gasteiger charge is 2.30. The summed E-state index contributed by atoms with van der Waals surface area (Å²) in [4.78, 5) is 14.3. The van der Waals surface area contributed by atoms with Crippen LogP contribution in [0.4, 0.5) is 4.79 Å². The van der Waals surface area contributed by atoms with Crippen LogP contribution in [-0.4, -0.2) is 55.9 Å². The molecule has 0 aliphatic carbocycles. The summed E-state index contributed by atoms with van der Waals surface area (Å²) in [6, 6.07) is 7.17. The van der Waals surface area contributed by atoms with E-state index in [0.29, 0.717) is 31.1 Å². The SMILES string of the molecule is CCCc1ccc(S(=O)(=O)N2CCN(C(=O)NC(C)CCC)CC2)cc1. The Balaban J connectivity index is 1.94. The Morgan fingerprint density at radius 3 is 2.23 bits per heavy atom. The molecule has 1 aromatic rings. The Morgan fingerprint density at radius 2 is 1.69 bits per heavy atom. The lowest BCUT2D eigenvalue weighted by Gasteiger charge is -2.34. The Labute approximate surface area is 157 Å². The lowest BCUT2D eigenvalue weighted by molar-refractivity contribution is 0.169. The van der Waals surface area contributed by atoms with Gasteiger partial charge >= 0.3 is 6.03 Å². The molecule has 1 heterocycles. The van der Waals surface area contributed by atoms with Gasteiger partial charge in [0.05, 0.1) is 4.90 Å². The van der Waals surface area contributed by atoms with E-state index in [0.717, 1.165) is 31.2 Å². The maximum Gasteiger partial charge on any atom is 0.317 e. The molecule has 6 nitrogen and oxygen atoms in total. The van der Waals surface area contributed by atoms with Crippen molar-refractivity contribution in [1.82, 2.24) is 14.5 Å². The molecule has 1 saturated heterocycles. The highest BCUT2D eigenvalue weighted by atomic mass is 32.2. The molecule has 1 N–H and O–H groups in total. The molecule has 1 fully saturated rings. The minimum Gasteiger partial charge on any atom is -0.336 e. The molecule has 146 valence electrons. The van der Waals surface area contributed by atoms with Crippen LogP contribution in [0.5, 0.6) is 0 Å². The summed E-state index contributed by atoms with van der Waals surface area (Å²) in [7, 11) is -3.50. The van der Waals surface area contributed by atoms with Crippen LogP contribution in [0.15, 0.2) is 29.2 Å². The Kier molecular flexibility index (Phi) is 7.46. The summed E-state index contributed by atoms with van der Waals surface area (Å²) in [6.07, 6.45) is 3.94. The van der Waals surface area contributed by atoms with Crippen molar-refractivity contribution < 1.29 is 13.2 Å². The van der Waals surface area contributed by atoms with E-state index in [2.05, 4.69) is 19.2 Å². The Bertz CT molecular complexity index is 680. The third kappa shape index (κ3) is 5.20. The molecule has 1 unspecified atom stereocenters. The van der Waals surface area contributed by atoms with E-state index in [9.17, 15) is 13.2 Å². The quantitative estimate of drug-likeness (QED) is 0.789. The Morgan fingerprint density at radius 1 is 1.08 bits per heavy atom. The van der Waals surface area contributed by atoms with Gasteiger partial charge in [0, 0.05) is 32.2 Å². The fourth-order valence-electron chi connectivity index (χ4n) is 3.20. The number of sulfonamides is 1. The van der Waals surface area contributed by atoms with Crippen LogP contribution in [0.1, 0.15) is 45.6 Å². The van der Waals surface area contributed by atoms with Crippen molar-refractivity contribution in [2.24, 2.45) is 0 Å². The fraction of sp³-hybridized carbons (Fsp3) is 0.632. The summed E-state index contributed by atoms with van der Waals surface area (Å²) < 4.78 is 27.1. The Hall–Kier alpha value is -1.60. The first kappa shape index (κ1) is 20.7. The van der Waals surface area contributed by atoms with Gasteiger partial charge < -0.3 is 10.2 Å². The molecule has 0 spiro atoms. The second-order valence-corrected chi connectivity index (χ2v) is 8.86. The van der Waals surface area contributed by atoms with Crippen LogP contribution in [0.3, 0.4) is 0 Å². The topological polar surface area (TPSA) is 69.7 Å². The second-order valence-electron chi connectivity index (χ2n) is 6.92. The number of urea groups is 1. The molecule has 0 aromatic heterocycles. The minimum absolute atomic E-state index is 0.105. The van der Waals surface area contributed by atoms with E-state index in [1.54, 1.807) is 17.0 Å². The van der Waals surface area contributed by atoms with E-state index in [1.165, 1.54) is 4.31 Å². The molecular weight excluding hydrogens is 350 g/mol. The van der Waals surface area contributed by atoms with Crippen LogP contribution >= 0.6 is 0 Å². The largest absolute Gasteiger partial charge is 0.336 e. The highest BCUT2D eigenvalue weighted by Crippen LogP contribution is 2.19. The average molecular weight is 382 g/mol. The molecule has 0 saturated carbocycles. The lowest BCUT2D eigenvalue weighted by atomic mass is 10.1. The average Bonchev–Trinajstić information content (AvgIpc) is 2.62. The third-order valence-electron chi connectivity index (χ3n) is 4.72. The first-order chi connectivity index (χ1) is 12.4. The van der Waals surface area contributed by atoms with Gasteiger partial charge in [0.1, 0.15) is 0 Å². The van der Waals surface area contributed by atoms with Gasteiger partial charge in [-0.1, -0.05) is 38.8 Å². The molecule has 1 aliphatic rings. The molecule has 2 rings (SSSR count). The van der Waals surface area contributed by atoms with Crippen molar-refractivity contribution in [3.05, 3.63) is 29.8 Å². The normalized spacial score (nSPS) is 17.1. The number of piperazine rings is 1. The van der Waals surface area contributed by atoms with E-state index in [1.807, 2.05) is 19.1 Å². The van der Waals surface area contributed by atoms with Gasteiger partial charge in [-0.15, -0.1) is 0 Å². The number of aryl methyl sites for hydroxylation is 1. The molecule has 0 bridgehead atoms. The maximum atomic E-state index is 12.8. The van der Waals surface area contributed by atoms with Gasteiger partial charge in [-0.05, 0) is 37.5 Å². The number of carbonyl (C=O) groups is 1. The van der Waals surface area contributed by atoms with Crippen molar-refractivity contribution >= 4 is 16.1 Å². The van der Waals surface area contributed by atoms with Crippen molar-refractivity contribution in [2.45, 2.75) is 57.4 Å². The first-order valence-corrected chi connectivity index (χ1v) is 11.0. The summed E-state index contributed by atoms with van der Waals surface area (Å²) >= 11 is 0. The zero-order valence-corrected chi connectivity index (χ0v) is 16.9. The number of rotatable bonds is 7. The second kappa shape index (κ2) is 9.37. The van der Waals surface area contributed by atoms with Gasteiger partial charge in [-0.2, -0.15) is 4.31 Å². The van der Waals surface area contributed by atoms with Gasteiger partial charge in [0.15, 0.2) is 0 Å². The van der Waals surface area contributed by atoms with Crippen LogP contribution in [0.25, 0.3) is 0 Å². The van der Waals surface area contributed by atoms with Crippen LogP contribution < -0.4 is 5.32 Å². The predicted octanol–water partition coefficient (Wildman–Crippen LogP) is 2.84. The molecule has 7 heteroatoms. The molecule has 0 radical (unpaired) electrons. The lowest BCUT2D eigenvalue weighted by Crippen LogP contribution is -2.54. The predicted molar refractivity (Wildman–Crippen MR) is 104 cm³/mol. The number of benzene rings is 1. The van der Waals surface area contributed by atoms with Crippen LogP contribution in [-0.2, 0) is 16.4 Å². The highest BCUT2D eigenvalue weighted by molar-refractivity contribution is 7.89. The number of hydrogen-bond acceptors (Lipinski definition) is 3. The van der Waals surface area contributed by atoms with E-state index >= 15 is 0 Å². The molecular formula is C19H31N3O3S. The van der Waals surface area contributed by atoms with E-state index in [-0.39, 0.29) is 12.1 Å². The number of nitrogens with zero attached hydrogens (tertiary/aromatic N) is 2. The molecule has 1 atom stereocenters. The summed E-state index contributed by atoms with van der Waals surface area (Å²) in [5, 5.41) is 2.97. The van der Waals surface area contributed by atoms with Gasteiger partial charge in [-0.3, -0.25) is 0 Å². The van der Waals surface area contributed by atoms with Gasteiger partial charge in [0.25, 0.3) is 0 Å². The maximum absolute atomic E-state index is 12.8. The minimum atomic E-state index is -3.50. The smallest absolute Gasteiger partial charge is 0.317 e. The van der Waals surface area contributed by atoms with Gasteiger partial charge in [-0.25, -0.2) is 13.2 Å². The van der Waals surface area contributed by atoms with Gasteiger partial charge in [0.2, 0.25) is 10.0 Å². The zero-order valence-electron chi connectivity index (χ0n) is 16.1. The van der Waals surface area contributed by atoms with Crippen molar-refractivity contribution in [1.29, 1.82) is 0 Å². The number of hydrogen-bond donors (Lipinski definition) is 1. The van der Waals surface area contributed by atoms with Crippen molar-refractivity contribution in [3.8, 4) is 0 Å². The first-order valence-electron chi connectivity index (χ1n) is 9.53. The van der Waals surface area contributed by atoms with Crippen molar-refractivity contribution in [2.75, 3.05) is 26.2 Å². The molecule has 26 heavy (non-hydrogen) atoms.